The van der Waals surface area contributed by atoms with E-state index in [1.165, 1.54) is 11.3 Å². The van der Waals surface area contributed by atoms with Crippen molar-refractivity contribution in [2.24, 2.45) is 0 Å². The van der Waals surface area contributed by atoms with Crippen molar-refractivity contribution in [2.75, 3.05) is 31.7 Å². The van der Waals surface area contributed by atoms with Crippen LogP contribution in [-0.2, 0) is 17.9 Å². The zero-order chi connectivity index (χ0) is 29.4. The summed E-state index contributed by atoms with van der Waals surface area (Å²) in [5.41, 5.74) is 2.66. The van der Waals surface area contributed by atoms with Crippen LogP contribution in [0.15, 0.2) is 24.4 Å². The predicted molar refractivity (Wildman–Crippen MR) is 160 cm³/mol. The molecule has 11 nitrogen and oxygen atoms in total. The van der Waals surface area contributed by atoms with Crippen molar-refractivity contribution in [1.82, 2.24) is 35.5 Å². The molecule has 2 N–H and O–H groups in total. The SMILES string of the molecule is CSCC[C@@H]1NC(=O)c2cc(ccc2C)OCCCn2cc(nn2)CN(C(=O)c2sc(C)nc2C)CCCNC1=O. The molecular weight excluding hydrogens is 562 g/mol. The number of hydrogen-bond donors (Lipinski definition) is 2. The Morgan fingerprint density at radius 2 is 2.02 bits per heavy atom. The monoisotopic (exact) mass is 599 g/mol. The molecule has 41 heavy (non-hydrogen) atoms. The van der Waals surface area contributed by atoms with Crippen LogP contribution >= 0.6 is 23.1 Å². The highest BCUT2D eigenvalue weighted by Crippen LogP contribution is 2.21. The number of hydrogen-bond acceptors (Lipinski definition) is 9. The highest BCUT2D eigenvalue weighted by Gasteiger charge is 2.24. The average Bonchev–Trinajstić information content (AvgIpc) is 3.54. The Kier molecular flexibility index (Phi) is 10.7. The fourth-order valence-corrected chi connectivity index (χ4v) is 5.90. The summed E-state index contributed by atoms with van der Waals surface area (Å²) in [6, 6.07) is 4.72. The third-order valence-corrected chi connectivity index (χ3v) is 8.42. The molecule has 4 rings (SSSR count). The fraction of sp³-hybridized carbons (Fsp3) is 0.500. The molecule has 1 aromatic carbocycles. The Morgan fingerprint density at radius 3 is 2.78 bits per heavy atom. The van der Waals surface area contributed by atoms with Crippen LogP contribution in [0.25, 0.3) is 0 Å². The van der Waals surface area contributed by atoms with Crippen LogP contribution in [0.2, 0.25) is 0 Å². The molecule has 0 saturated heterocycles. The Labute approximate surface area is 248 Å². The van der Waals surface area contributed by atoms with E-state index < -0.39 is 6.04 Å². The van der Waals surface area contributed by atoms with E-state index in [9.17, 15) is 14.4 Å². The highest BCUT2D eigenvalue weighted by molar-refractivity contribution is 7.98. The Balaban J connectivity index is 1.55. The lowest BCUT2D eigenvalue weighted by atomic mass is 10.1. The number of benzene rings is 1. The molecular formula is C28H37N7O4S2. The van der Waals surface area contributed by atoms with Gasteiger partial charge >= 0.3 is 0 Å². The molecule has 2 aromatic heterocycles. The molecule has 0 aliphatic carbocycles. The van der Waals surface area contributed by atoms with Gasteiger partial charge in [0.25, 0.3) is 11.8 Å². The molecule has 220 valence electrons. The van der Waals surface area contributed by atoms with Gasteiger partial charge in [-0.05, 0) is 63.3 Å². The number of ether oxygens (including phenoxy) is 1. The third-order valence-electron chi connectivity index (χ3n) is 6.71. The molecule has 0 saturated carbocycles. The van der Waals surface area contributed by atoms with Gasteiger partial charge in [-0.15, -0.1) is 16.4 Å². The fourth-order valence-electron chi connectivity index (χ4n) is 4.54. The second-order valence-electron chi connectivity index (χ2n) is 9.98. The van der Waals surface area contributed by atoms with E-state index in [1.807, 2.05) is 45.4 Å². The summed E-state index contributed by atoms with van der Waals surface area (Å²) < 4.78 is 7.66. The summed E-state index contributed by atoms with van der Waals surface area (Å²) in [6.45, 7) is 7.64. The first-order valence-electron chi connectivity index (χ1n) is 13.7. The quantitative estimate of drug-likeness (QED) is 0.468. The standard InChI is InChI=1S/C28H37N7O4S2/c1-18-7-8-22-15-23(18)26(36)31-24(9-14-40-4)27(37)29-10-5-11-34(28(38)25-19(2)30-20(3)41-25)16-21-17-35(33-32-21)12-6-13-39-22/h7-8,15,17,24H,5-6,9-14,16H2,1-4H3,(H,29,37)(H,31,36)/t24-/m0/s1. The number of aromatic nitrogens is 4. The van der Waals surface area contributed by atoms with Crippen LogP contribution < -0.4 is 15.4 Å². The molecule has 13 heteroatoms. The zero-order valence-corrected chi connectivity index (χ0v) is 25.6. The van der Waals surface area contributed by atoms with Crippen molar-refractivity contribution in [2.45, 2.75) is 59.2 Å². The second kappa shape index (κ2) is 14.4. The average molecular weight is 600 g/mol. The maximum atomic E-state index is 13.5. The third kappa shape index (κ3) is 8.29. The second-order valence-corrected chi connectivity index (χ2v) is 12.2. The number of aryl methyl sites for hydroxylation is 4. The van der Waals surface area contributed by atoms with Gasteiger partial charge in [0.15, 0.2) is 0 Å². The summed E-state index contributed by atoms with van der Waals surface area (Å²) in [5.74, 6) is 0.623. The predicted octanol–water partition coefficient (Wildman–Crippen LogP) is 3.14. The van der Waals surface area contributed by atoms with E-state index >= 15 is 0 Å². The minimum atomic E-state index is -0.680. The minimum Gasteiger partial charge on any atom is -0.494 e. The molecule has 0 radical (unpaired) electrons. The molecule has 1 aliphatic heterocycles. The lowest BCUT2D eigenvalue weighted by molar-refractivity contribution is -0.123. The first-order valence-corrected chi connectivity index (χ1v) is 15.9. The van der Waals surface area contributed by atoms with Crippen LogP contribution in [0, 0.1) is 20.8 Å². The van der Waals surface area contributed by atoms with E-state index in [2.05, 4.69) is 25.9 Å². The highest BCUT2D eigenvalue weighted by atomic mass is 32.2. The van der Waals surface area contributed by atoms with Crippen molar-refractivity contribution in [1.29, 1.82) is 0 Å². The minimum absolute atomic E-state index is 0.119. The molecule has 1 aliphatic rings. The van der Waals surface area contributed by atoms with Gasteiger partial charge in [-0.1, -0.05) is 11.3 Å². The topological polar surface area (TPSA) is 131 Å². The van der Waals surface area contributed by atoms with Crippen molar-refractivity contribution in [3.8, 4) is 5.75 Å². The molecule has 1 atom stereocenters. The molecule has 4 bridgehead atoms. The van der Waals surface area contributed by atoms with Crippen molar-refractivity contribution in [3.05, 3.63) is 56.8 Å². The van der Waals surface area contributed by atoms with Crippen LogP contribution in [0.5, 0.6) is 5.75 Å². The Morgan fingerprint density at radius 1 is 1.20 bits per heavy atom. The molecule has 0 spiro atoms. The molecule has 0 fully saturated rings. The van der Waals surface area contributed by atoms with E-state index in [-0.39, 0.29) is 24.3 Å². The van der Waals surface area contributed by atoms with Gasteiger partial charge in [-0.25, -0.2) is 4.98 Å². The van der Waals surface area contributed by atoms with Crippen LogP contribution in [-0.4, -0.2) is 80.3 Å². The lowest BCUT2D eigenvalue weighted by Crippen LogP contribution is -2.47. The molecule has 3 amide bonds. The number of thiazole rings is 1. The first-order chi connectivity index (χ1) is 19.7. The van der Waals surface area contributed by atoms with E-state index in [0.717, 1.165) is 16.3 Å². The van der Waals surface area contributed by atoms with Crippen LogP contribution in [0.4, 0.5) is 0 Å². The lowest BCUT2D eigenvalue weighted by Gasteiger charge is -2.22. The molecule has 3 heterocycles. The van der Waals surface area contributed by atoms with Crippen LogP contribution in [0.3, 0.4) is 0 Å². The van der Waals surface area contributed by atoms with E-state index in [4.69, 9.17) is 4.74 Å². The van der Waals surface area contributed by atoms with Crippen molar-refractivity contribution < 1.29 is 19.1 Å². The number of amides is 3. The van der Waals surface area contributed by atoms with Gasteiger partial charge in [0.05, 0.1) is 30.1 Å². The smallest absolute Gasteiger partial charge is 0.266 e. The number of carbonyl (C=O) groups is 3. The summed E-state index contributed by atoms with van der Waals surface area (Å²) >= 11 is 2.99. The number of rotatable bonds is 4. The van der Waals surface area contributed by atoms with Gasteiger partial charge in [0, 0.05) is 31.6 Å². The van der Waals surface area contributed by atoms with Gasteiger partial charge in [0.1, 0.15) is 22.4 Å². The van der Waals surface area contributed by atoms with Gasteiger partial charge in [-0.2, -0.15) is 11.8 Å². The maximum absolute atomic E-state index is 13.5. The van der Waals surface area contributed by atoms with Crippen molar-refractivity contribution in [3.63, 3.8) is 0 Å². The number of nitrogens with zero attached hydrogens (tertiary/aromatic N) is 5. The Hall–Kier alpha value is -3.45. The van der Waals surface area contributed by atoms with Crippen LogP contribution in [0.1, 0.15) is 61.3 Å². The zero-order valence-electron chi connectivity index (χ0n) is 23.9. The number of fused-ring (bicyclic) bond motifs is 4. The summed E-state index contributed by atoms with van der Waals surface area (Å²) in [6.07, 6.45) is 5.52. The van der Waals surface area contributed by atoms with Gasteiger partial charge in [-0.3, -0.25) is 19.1 Å². The van der Waals surface area contributed by atoms with Crippen molar-refractivity contribution >= 4 is 40.8 Å². The Bertz CT molecular complexity index is 1370. The molecule has 3 aromatic rings. The summed E-state index contributed by atoms with van der Waals surface area (Å²) in [5, 5.41) is 15.2. The maximum Gasteiger partial charge on any atom is 0.266 e. The normalized spacial score (nSPS) is 17.4. The number of nitrogens with one attached hydrogen (secondary N) is 2. The number of thioether (sulfide) groups is 1. The van der Waals surface area contributed by atoms with E-state index in [0.29, 0.717) is 73.1 Å². The van der Waals surface area contributed by atoms with E-state index in [1.54, 1.807) is 27.4 Å². The summed E-state index contributed by atoms with van der Waals surface area (Å²) in [7, 11) is 0. The molecule has 0 unspecified atom stereocenters. The first kappa shape index (κ1) is 30.5. The number of carbonyl (C=O) groups excluding carboxylic acids is 3. The van der Waals surface area contributed by atoms with Gasteiger partial charge in [0.2, 0.25) is 5.91 Å². The van der Waals surface area contributed by atoms with Gasteiger partial charge < -0.3 is 20.3 Å². The summed E-state index contributed by atoms with van der Waals surface area (Å²) in [4.78, 5) is 46.6. The largest absolute Gasteiger partial charge is 0.494 e.